The summed E-state index contributed by atoms with van der Waals surface area (Å²) in [7, 11) is 1.67. The number of anilines is 1. The van der Waals surface area contributed by atoms with Gasteiger partial charge in [-0.2, -0.15) is 0 Å². The van der Waals surface area contributed by atoms with Crippen molar-refractivity contribution < 1.29 is 9.31 Å². The van der Waals surface area contributed by atoms with Crippen LogP contribution >= 0.6 is 15.9 Å². The first kappa shape index (κ1) is 12.9. The molecule has 0 bridgehead atoms. The summed E-state index contributed by atoms with van der Waals surface area (Å²) >= 11 is 2.99. The summed E-state index contributed by atoms with van der Waals surface area (Å²) in [5.74, 6) is -0.656. The summed E-state index contributed by atoms with van der Waals surface area (Å²) in [5, 5.41) is 10.8. The Bertz CT molecular complexity index is 414. The molecular weight excluding hydrogens is 281 g/mol. The highest BCUT2D eigenvalue weighted by Gasteiger charge is 2.20. The van der Waals surface area contributed by atoms with Crippen molar-refractivity contribution in [3.63, 3.8) is 0 Å². The van der Waals surface area contributed by atoms with E-state index in [0.29, 0.717) is 18.8 Å². The maximum atomic E-state index is 13.2. The summed E-state index contributed by atoms with van der Waals surface area (Å²) in [5.41, 5.74) is 5.43. The van der Waals surface area contributed by atoms with Crippen LogP contribution in [0.4, 0.5) is 15.8 Å². The van der Waals surface area contributed by atoms with E-state index in [1.807, 2.05) is 0 Å². The van der Waals surface area contributed by atoms with Crippen LogP contribution in [0, 0.1) is 15.9 Å². The molecule has 16 heavy (non-hydrogen) atoms. The molecule has 0 radical (unpaired) electrons. The first-order valence-electron chi connectivity index (χ1n) is 4.52. The molecule has 0 aliphatic carbocycles. The molecule has 0 saturated heterocycles. The van der Waals surface area contributed by atoms with Gasteiger partial charge in [-0.3, -0.25) is 10.1 Å². The van der Waals surface area contributed by atoms with Gasteiger partial charge in [0.25, 0.3) is 5.69 Å². The summed E-state index contributed by atoms with van der Waals surface area (Å²) < 4.78 is 13.4. The first-order chi connectivity index (χ1) is 7.47. The Morgan fingerprint density at radius 3 is 2.75 bits per heavy atom. The summed E-state index contributed by atoms with van der Waals surface area (Å²) in [6.45, 7) is 0.821. The lowest BCUT2D eigenvalue weighted by Gasteiger charge is -2.18. The third-order valence-corrected chi connectivity index (χ3v) is 2.70. The van der Waals surface area contributed by atoms with Crippen molar-refractivity contribution in [1.29, 1.82) is 0 Å². The van der Waals surface area contributed by atoms with Crippen LogP contribution in [0.2, 0.25) is 0 Å². The number of hydrogen-bond donors (Lipinski definition) is 1. The molecule has 1 rings (SSSR count). The summed E-state index contributed by atoms with van der Waals surface area (Å²) in [6, 6.07) is 2.27. The number of nitro groups is 1. The third kappa shape index (κ3) is 2.67. The van der Waals surface area contributed by atoms with Crippen LogP contribution in [0.3, 0.4) is 0 Å². The Morgan fingerprint density at radius 2 is 2.25 bits per heavy atom. The largest absolute Gasteiger partial charge is 0.368 e. The quantitative estimate of drug-likeness (QED) is 0.679. The number of nitrogens with two attached hydrogens (primary N) is 1. The van der Waals surface area contributed by atoms with Gasteiger partial charge < -0.3 is 10.6 Å². The molecule has 7 heteroatoms. The Kier molecular flexibility index (Phi) is 4.19. The van der Waals surface area contributed by atoms with Crippen molar-refractivity contribution in [2.45, 2.75) is 0 Å². The molecule has 0 spiro atoms. The summed E-state index contributed by atoms with van der Waals surface area (Å²) in [4.78, 5) is 11.8. The zero-order valence-electron chi connectivity index (χ0n) is 8.61. The minimum absolute atomic E-state index is 0.192. The minimum Gasteiger partial charge on any atom is -0.368 e. The van der Waals surface area contributed by atoms with Gasteiger partial charge in [-0.25, -0.2) is 4.39 Å². The van der Waals surface area contributed by atoms with E-state index in [9.17, 15) is 14.5 Å². The van der Waals surface area contributed by atoms with Crippen LogP contribution in [0.15, 0.2) is 16.6 Å². The lowest BCUT2D eigenvalue weighted by atomic mass is 10.2. The molecule has 1 aromatic rings. The van der Waals surface area contributed by atoms with E-state index in [0.717, 1.165) is 6.07 Å². The lowest BCUT2D eigenvalue weighted by molar-refractivity contribution is -0.384. The van der Waals surface area contributed by atoms with Crippen molar-refractivity contribution in [3.8, 4) is 0 Å². The van der Waals surface area contributed by atoms with Gasteiger partial charge in [-0.05, 0) is 22.0 Å². The molecule has 0 heterocycles. The zero-order chi connectivity index (χ0) is 12.3. The van der Waals surface area contributed by atoms with E-state index in [1.165, 1.54) is 6.07 Å². The van der Waals surface area contributed by atoms with Crippen molar-refractivity contribution in [1.82, 2.24) is 0 Å². The number of hydrogen-bond acceptors (Lipinski definition) is 4. The lowest BCUT2D eigenvalue weighted by Crippen LogP contribution is -2.25. The van der Waals surface area contributed by atoms with Gasteiger partial charge >= 0.3 is 0 Å². The Balaban J connectivity index is 3.24. The van der Waals surface area contributed by atoms with E-state index in [-0.39, 0.29) is 10.2 Å². The highest BCUT2D eigenvalue weighted by molar-refractivity contribution is 9.10. The van der Waals surface area contributed by atoms with Gasteiger partial charge in [0, 0.05) is 20.1 Å². The average molecular weight is 292 g/mol. The Morgan fingerprint density at radius 1 is 1.62 bits per heavy atom. The zero-order valence-corrected chi connectivity index (χ0v) is 10.2. The normalized spacial score (nSPS) is 10.2. The highest BCUT2D eigenvalue weighted by atomic mass is 79.9. The topological polar surface area (TPSA) is 72.4 Å². The maximum Gasteiger partial charge on any atom is 0.295 e. The molecule has 0 atom stereocenters. The summed E-state index contributed by atoms with van der Waals surface area (Å²) in [6.07, 6.45) is 0. The molecule has 1 aromatic carbocycles. The number of nitrogens with zero attached hydrogens (tertiary/aromatic N) is 2. The standard InChI is InChI=1S/C9H11BrFN3O2/c1-13(3-2-12)8-4-6(10)7(11)5-9(8)14(15)16/h4-5H,2-3,12H2,1H3. The monoisotopic (exact) mass is 291 g/mol. The molecule has 5 nitrogen and oxygen atoms in total. The SMILES string of the molecule is CN(CCN)c1cc(Br)c(F)cc1[N+](=O)[O-]. The van der Waals surface area contributed by atoms with E-state index >= 15 is 0 Å². The van der Waals surface area contributed by atoms with Gasteiger partial charge in [0.05, 0.1) is 15.5 Å². The average Bonchev–Trinajstić information content (AvgIpc) is 2.21. The third-order valence-electron chi connectivity index (χ3n) is 2.09. The smallest absolute Gasteiger partial charge is 0.295 e. The second-order valence-electron chi connectivity index (χ2n) is 3.22. The molecule has 88 valence electrons. The van der Waals surface area contributed by atoms with Crippen molar-refractivity contribution >= 4 is 27.3 Å². The number of nitro benzene ring substituents is 1. The fourth-order valence-electron chi connectivity index (χ4n) is 1.29. The van der Waals surface area contributed by atoms with E-state index in [4.69, 9.17) is 5.73 Å². The maximum absolute atomic E-state index is 13.2. The number of rotatable bonds is 4. The number of halogens is 2. The molecular formula is C9H11BrFN3O2. The molecule has 0 saturated carbocycles. The van der Waals surface area contributed by atoms with Crippen LogP contribution in [0.25, 0.3) is 0 Å². The number of benzene rings is 1. The van der Waals surface area contributed by atoms with Gasteiger partial charge in [0.2, 0.25) is 0 Å². The highest BCUT2D eigenvalue weighted by Crippen LogP contribution is 2.32. The molecule has 0 aromatic heterocycles. The van der Waals surface area contributed by atoms with Crippen LogP contribution in [-0.4, -0.2) is 25.1 Å². The van der Waals surface area contributed by atoms with Gasteiger partial charge in [-0.1, -0.05) is 0 Å². The van der Waals surface area contributed by atoms with Crippen LogP contribution in [0.5, 0.6) is 0 Å². The van der Waals surface area contributed by atoms with E-state index < -0.39 is 10.7 Å². The van der Waals surface area contributed by atoms with Crippen LogP contribution < -0.4 is 10.6 Å². The first-order valence-corrected chi connectivity index (χ1v) is 5.31. The predicted octanol–water partition coefficient (Wildman–Crippen LogP) is 1.89. The second kappa shape index (κ2) is 5.22. The second-order valence-corrected chi connectivity index (χ2v) is 4.08. The van der Waals surface area contributed by atoms with E-state index in [1.54, 1.807) is 11.9 Å². The molecule has 0 fully saturated rings. The predicted molar refractivity (Wildman–Crippen MR) is 63.1 cm³/mol. The van der Waals surface area contributed by atoms with Crippen LogP contribution in [0.1, 0.15) is 0 Å². The van der Waals surface area contributed by atoms with Gasteiger partial charge in [0.15, 0.2) is 0 Å². The van der Waals surface area contributed by atoms with Crippen molar-refractivity contribution in [2.24, 2.45) is 5.73 Å². The van der Waals surface area contributed by atoms with E-state index in [2.05, 4.69) is 15.9 Å². The fourth-order valence-corrected chi connectivity index (χ4v) is 1.62. The van der Waals surface area contributed by atoms with Gasteiger partial charge in [-0.15, -0.1) is 0 Å². The van der Waals surface area contributed by atoms with Crippen molar-refractivity contribution in [3.05, 3.63) is 32.5 Å². The molecule has 0 unspecified atom stereocenters. The molecule has 2 N–H and O–H groups in total. The fraction of sp³-hybridized carbons (Fsp3) is 0.333. The number of likely N-dealkylation sites (N-methyl/N-ethyl adjacent to an activating group) is 1. The Hall–Kier alpha value is -1.21. The minimum atomic E-state index is -0.656. The van der Waals surface area contributed by atoms with Gasteiger partial charge in [0.1, 0.15) is 11.5 Å². The molecule has 0 aliphatic heterocycles. The van der Waals surface area contributed by atoms with Crippen LogP contribution in [-0.2, 0) is 0 Å². The molecule has 0 aliphatic rings. The van der Waals surface area contributed by atoms with Crippen molar-refractivity contribution in [2.75, 3.05) is 25.0 Å². The Labute approximate surface area is 100 Å². The molecule has 0 amide bonds.